The number of urea groups is 1. The van der Waals surface area contributed by atoms with Crippen LogP contribution < -0.4 is 20.1 Å². The quantitative estimate of drug-likeness (QED) is 0.685. The Morgan fingerprint density at radius 2 is 1.93 bits per heavy atom. The van der Waals surface area contributed by atoms with Crippen LogP contribution in [0, 0.1) is 0 Å². The van der Waals surface area contributed by atoms with Crippen LogP contribution in [-0.2, 0) is 6.54 Å². The molecule has 2 N–H and O–H groups in total. The Labute approximate surface area is 159 Å². The lowest BCUT2D eigenvalue weighted by Crippen LogP contribution is -2.28. The Kier molecular flexibility index (Phi) is 7.18. The number of hydrogen-bond donors (Lipinski definition) is 2. The minimum absolute atomic E-state index is 0.0744. The summed E-state index contributed by atoms with van der Waals surface area (Å²) in [5, 5.41) is 5.58. The van der Waals surface area contributed by atoms with E-state index < -0.39 is 18.8 Å². The first-order valence-corrected chi connectivity index (χ1v) is 8.40. The third-order valence-corrected chi connectivity index (χ3v) is 3.54. The van der Waals surface area contributed by atoms with E-state index in [9.17, 15) is 18.0 Å². The van der Waals surface area contributed by atoms with E-state index in [0.717, 1.165) is 0 Å². The molecule has 5 nitrogen and oxygen atoms in total. The molecular weight excluding hydrogens is 385 g/mol. The smallest absolute Gasteiger partial charge is 0.422 e. The van der Waals surface area contributed by atoms with E-state index in [2.05, 4.69) is 15.4 Å². The Morgan fingerprint density at radius 1 is 1.15 bits per heavy atom. The van der Waals surface area contributed by atoms with Crippen molar-refractivity contribution < 1.29 is 27.4 Å². The van der Waals surface area contributed by atoms with Crippen LogP contribution in [0.3, 0.4) is 0 Å². The highest BCUT2D eigenvalue weighted by Crippen LogP contribution is 2.27. The van der Waals surface area contributed by atoms with Gasteiger partial charge in [-0.3, -0.25) is 0 Å². The van der Waals surface area contributed by atoms with Crippen molar-refractivity contribution in [2.75, 3.05) is 18.5 Å². The first-order chi connectivity index (χ1) is 12.8. The van der Waals surface area contributed by atoms with Crippen molar-refractivity contribution in [3.8, 4) is 11.5 Å². The maximum atomic E-state index is 12.2. The topological polar surface area (TPSA) is 59.6 Å². The second kappa shape index (κ2) is 9.36. The van der Waals surface area contributed by atoms with Crippen LogP contribution in [0.2, 0.25) is 5.02 Å². The summed E-state index contributed by atoms with van der Waals surface area (Å²) in [6.45, 7) is 1.04. The lowest BCUT2D eigenvalue weighted by atomic mass is 10.2. The summed E-state index contributed by atoms with van der Waals surface area (Å²) in [6.07, 6.45) is -4.41. The van der Waals surface area contributed by atoms with Gasteiger partial charge in [-0.05, 0) is 42.8 Å². The van der Waals surface area contributed by atoms with Crippen LogP contribution in [0.15, 0.2) is 42.5 Å². The molecule has 146 valence electrons. The van der Waals surface area contributed by atoms with Crippen molar-refractivity contribution in [1.29, 1.82) is 0 Å². The Hall–Kier alpha value is -2.61. The molecule has 0 heterocycles. The predicted octanol–water partition coefficient (Wildman–Crippen LogP) is 5.00. The van der Waals surface area contributed by atoms with Gasteiger partial charge < -0.3 is 20.1 Å². The molecule has 0 fully saturated rings. The molecule has 0 saturated heterocycles. The normalized spacial score (nSPS) is 11.0. The molecule has 0 aliphatic rings. The number of carbonyl (C=O) groups excluding carboxylic acids is 1. The summed E-state index contributed by atoms with van der Waals surface area (Å²) in [5.74, 6) is 0.589. The molecule has 0 aliphatic carbocycles. The van der Waals surface area contributed by atoms with Crippen molar-refractivity contribution in [2.24, 2.45) is 0 Å². The molecule has 0 spiro atoms. The summed E-state index contributed by atoms with van der Waals surface area (Å²) in [5.41, 5.74) is 1.07. The molecule has 2 rings (SSSR count). The van der Waals surface area contributed by atoms with Gasteiger partial charge in [0.2, 0.25) is 0 Å². The number of carbonyl (C=O) groups is 1. The van der Waals surface area contributed by atoms with Crippen LogP contribution >= 0.6 is 11.6 Å². The first-order valence-electron chi connectivity index (χ1n) is 8.02. The highest BCUT2D eigenvalue weighted by Gasteiger charge is 2.28. The lowest BCUT2D eigenvalue weighted by molar-refractivity contribution is -0.153. The van der Waals surface area contributed by atoms with E-state index >= 15 is 0 Å². The van der Waals surface area contributed by atoms with E-state index in [0.29, 0.717) is 28.6 Å². The number of anilines is 1. The molecule has 0 aromatic heterocycles. The van der Waals surface area contributed by atoms with Crippen molar-refractivity contribution in [3.05, 3.63) is 53.1 Å². The molecule has 9 heteroatoms. The van der Waals surface area contributed by atoms with Crippen molar-refractivity contribution in [2.45, 2.75) is 19.6 Å². The van der Waals surface area contributed by atoms with Crippen molar-refractivity contribution in [1.82, 2.24) is 5.32 Å². The van der Waals surface area contributed by atoms with Gasteiger partial charge in [-0.15, -0.1) is 0 Å². The van der Waals surface area contributed by atoms with Gasteiger partial charge in [-0.25, -0.2) is 4.79 Å². The van der Waals surface area contributed by atoms with Gasteiger partial charge in [0.05, 0.1) is 11.6 Å². The summed E-state index contributed by atoms with van der Waals surface area (Å²) < 4.78 is 46.6. The number of benzene rings is 2. The monoisotopic (exact) mass is 402 g/mol. The van der Waals surface area contributed by atoms with Crippen LogP contribution in [0.25, 0.3) is 0 Å². The number of hydrogen-bond acceptors (Lipinski definition) is 3. The van der Waals surface area contributed by atoms with Gasteiger partial charge in [0.15, 0.2) is 6.61 Å². The van der Waals surface area contributed by atoms with E-state index in [1.807, 2.05) is 6.92 Å². The third-order valence-electron chi connectivity index (χ3n) is 3.24. The number of ether oxygens (including phenoxy) is 2. The maximum absolute atomic E-state index is 12.2. The SMILES string of the molecule is CCOc1ccc(NC(=O)NCc2cccc(OCC(F)(F)F)c2)cc1Cl. The molecule has 0 atom stereocenters. The summed E-state index contributed by atoms with van der Waals surface area (Å²) in [4.78, 5) is 12.0. The molecule has 0 unspecified atom stereocenters. The van der Waals surface area contributed by atoms with Crippen molar-refractivity contribution >= 4 is 23.3 Å². The van der Waals surface area contributed by atoms with Gasteiger partial charge in [0.25, 0.3) is 0 Å². The van der Waals surface area contributed by atoms with E-state index in [1.165, 1.54) is 12.1 Å². The number of nitrogens with one attached hydrogen (secondary N) is 2. The molecule has 0 bridgehead atoms. The Balaban J connectivity index is 1.87. The van der Waals surface area contributed by atoms with Crippen LogP contribution in [0.1, 0.15) is 12.5 Å². The molecule has 2 aromatic rings. The standard InChI is InChI=1S/C18H18ClF3N2O3/c1-2-26-16-7-6-13(9-15(16)19)24-17(25)23-10-12-4-3-5-14(8-12)27-11-18(20,21)22/h3-9H,2,10-11H2,1H3,(H2,23,24,25). The second-order valence-electron chi connectivity index (χ2n) is 5.44. The lowest BCUT2D eigenvalue weighted by Gasteiger charge is -2.12. The van der Waals surface area contributed by atoms with E-state index in [4.69, 9.17) is 16.3 Å². The van der Waals surface area contributed by atoms with Crippen molar-refractivity contribution in [3.63, 3.8) is 0 Å². The van der Waals surface area contributed by atoms with Gasteiger partial charge in [-0.2, -0.15) is 13.2 Å². The fourth-order valence-electron chi connectivity index (χ4n) is 2.12. The molecule has 0 aliphatic heterocycles. The maximum Gasteiger partial charge on any atom is 0.422 e. The zero-order valence-electron chi connectivity index (χ0n) is 14.4. The second-order valence-corrected chi connectivity index (χ2v) is 5.84. The van der Waals surface area contributed by atoms with Crippen LogP contribution in [0.4, 0.5) is 23.7 Å². The van der Waals surface area contributed by atoms with Gasteiger partial charge >= 0.3 is 12.2 Å². The fourth-order valence-corrected chi connectivity index (χ4v) is 2.35. The molecule has 0 saturated carbocycles. The molecule has 2 aromatic carbocycles. The highest BCUT2D eigenvalue weighted by molar-refractivity contribution is 6.32. The average molecular weight is 403 g/mol. The zero-order valence-corrected chi connectivity index (χ0v) is 15.2. The predicted molar refractivity (Wildman–Crippen MR) is 96.5 cm³/mol. The largest absolute Gasteiger partial charge is 0.492 e. The van der Waals surface area contributed by atoms with Crippen LogP contribution in [-0.4, -0.2) is 25.4 Å². The average Bonchev–Trinajstić information content (AvgIpc) is 2.60. The van der Waals surface area contributed by atoms with E-state index in [-0.39, 0.29) is 12.3 Å². The Bertz CT molecular complexity index is 785. The van der Waals surface area contributed by atoms with E-state index in [1.54, 1.807) is 30.3 Å². The third kappa shape index (κ3) is 7.26. The molecular formula is C18H18ClF3N2O3. The summed E-state index contributed by atoms with van der Waals surface area (Å²) in [6, 6.07) is 10.4. The molecule has 27 heavy (non-hydrogen) atoms. The van der Waals surface area contributed by atoms with Gasteiger partial charge in [0, 0.05) is 12.2 Å². The fraction of sp³-hybridized carbons (Fsp3) is 0.278. The number of amides is 2. The minimum Gasteiger partial charge on any atom is -0.492 e. The summed E-state index contributed by atoms with van der Waals surface area (Å²) >= 11 is 6.05. The summed E-state index contributed by atoms with van der Waals surface area (Å²) in [7, 11) is 0. The number of alkyl halides is 3. The molecule has 0 radical (unpaired) electrons. The number of rotatable bonds is 7. The number of halogens is 4. The first kappa shape index (κ1) is 20.7. The highest BCUT2D eigenvalue weighted by atomic mass is 35.5. The zero-order chi connectivity index (χ0) is 19.9. The van der Waals surface area contributed by atoms with Gasteiger partial charge in [0.1, 0.15) is 11.5 Å². The minimum atomic E-state index is -4.41. The molecule has 2 amide bonds. The Morgan fingerprint density at radius 3 is 2.59 bits per heavy atom. The van der Waals surface area contributed by atoms with Crippen LogP contribution in [0.5, 0.6) is 11.5 Å². The van der Waals surface area contributed by atoms with Gasteiger partial charge in [-0.1, -0.05) is 23.7 Å².